The van der Waals surface area contributed by atoms with Gasteiger partial charge in [0.1, 0.15) is 6.17 Å². The van der Waals surface area contributed by atoms with Crippen LogP contribution in [0.2, 0.25) is 0 Å². The molecule has 1 heterocycles. The summed E-state index contributed by atoms with van der Waals surface area (Å²) < 4.78 is 0. The van der Waals surface area contributed by atoms with Gasteiger partial charge in [-0.3, -0.25) is 9.78 Å². The lowest BCUT2D eigenvalue weighted by molar-refractivity contribution is 0.0864. The third-order valence-electron chi connectivity index (χ3n) is 1.74. The van der Waals surface area contributed by atoms with Gasteiger partial charge in [0.05, 0.1) is 11.7 Å². The molecule has 0 aliphatic heterocycles. The predicted molar refractivity (Wildman–Crippen MR) is 51.4 cm³/mol. The summed E-state index contributed by atoms with van der Waals surface area (Å²) in [5, 5.41) is 11.5. The molecule has 4 N–H and O–H groups in total. The predicted octanol–water partition coefficient (Wildman–Crippen LogP) is -0.523. The van der Waals surface area contributed by atoms with Crippen LogP contribution in [0.4, 0.5) is 0 Å². The monoisotopic (exact) mass is 195 g/mol. The second kappa shape index (κ2) is 4.69. The van der Waals surface area contributed by atoms with E-state index >= 15 is 0 Å². The van der Waals surface area contributed by atoms with E-state index in [0.717, 1.165) is 0 Å². The Hall–Kier alpha value is -1.46. The Kier molecular flexibility index (Phi) is 3.55. The number of aliphatic hydroxyl groups excluding tert-OH is 1. The number of carbonyl (C=O) groups is 1. The fraction of sp³-hybridized carbons (Fsp3) is 0.333. The molecule has 0 bridgehead atoms. The molecular formula is C9H13N3O2. The molecule has 5 heteroatoms. The van der Waals surface area contributed by atoms with Crippen molar-refractivity contribution in [3.8, 4) is 0 Å². The van der Waals surface area contributed by atoms with E-state index in [9.17, 15) is 4.79 Å². The zero-order chi connectivity index (χ0) is 10.6. The van der Waals surface area contributed by atoms with Crippen LogP contribution in [-0.2, 0) is 0 Å². The molecule has 1 unspecified atom stereocenters. The first-order chi connectivity index (χ1) is 6.61. The van der Waals surface area contributed by atoms with Crippen molar-refractivity contribution in [3.05, 3.63) is 30.1 Å². The molecule has 1 aromatic heterocycles. The number of carbonyl (C=O) groups excluding carboxylic acids is 1. The zero-order valence-electron chi connectivity index (χ0n) is 7.84. The molecule has 0 aromatic carbocycles. The number of nitrogens with zero attached hydrogens (tertiary/aromatic N) is 1. The number of rotatable bonds is 3. The van der Waals surface area contributed by atoms with Crippen molar-refractivity contribution in [1.29, 1.82) is 0 Å². The van der Waals surface area contributed by atoms with E-state index in [1.807, 2.05) is 0 Å². The van der Waals surface area contributed by atoms with E-state index in [1.54, 1.807) is 18.3 Å². The topological polar surface area (TPSA) is 88.2 Å². The van der Waals surface area contributed by atoms with Gasteiger partial charge in [0.2, 0.25) is 0 Å². The molecule has 0 fully saturated rings. The Labute approximate surface area is 82.0 Å². The Morgan fingerprint density at radius 3 is 2.93 bits per heavy atom. The molecule has 76 valence electrons. The van der Waals surface area contributed by atoms with Gasteiger partial charge in [-0.25, -0.2) is 0 Å². The Morgan fingerprint density at radius 1 is 1.71 bits per heavy atom. The molecule has 0 spiro atoms. The maximum Gasteiger partial charge on any atom is 0.254 e. The summed E-state index contributed by atoms with van der Waals surface area (Å²) in [5.74, 6) is -0.341. The largest absolute Gasteiger partial charge is 0.390 e. The summed E-state index contributed by atoms with van der Waals surface area (Å²) in [6.07, 6.45) is 1.47. The van der Waals surface area contributed by atoms with E-state index in [-0.39, 0.29) is 5.91 Å². The number of pyridine rings is 1. The number of nitrogens with two attached hydrogens (primary N) is 1. The second-order valence-corrected chi connectivity index (χ2v) is 2.98. The maximum absolute atomic E-state index is 11.4. The van der Waals surface area contributed by atoms with Crippen LogP contribution < -0.4 is 11.1 Å². The van der Waals surface area contributed by atoms with Gasteiger partial charge in [-0.05, 0) is 19.1 Å². The van der Waals surface area contributed by atoms with Gasteiger partial charge < -0.3 is 16.2 Å². The SMILES string of the molecule is C[C@H](O)C(N)NC(=O)c1cccnc1. The Bertz CT molecular complexity index is 300. The number of aliphatic hydroxyl groups is 1. The second-order valence-electron chi connectivity index (χ2n) is 2.98. The number of amides is 1. The normalized spacial score (nSPS) is 14.5. The molecule has 5 nitrogen and oxygen atoms in total. The van der Waals surface area contributed by atoms with E-state index in [0.29, 0.717) is 5.56 Å². The van der Waals surface area contributed by atoms with Gasteiger partial charge in [-0.1, -0.05) is 0 Å². The lowest BCUT2D eigenvalue weighted by Gasteiger charge is -2.16. The first-order valence-electron chi connectivity index (χ1n) is 4.26. The first kappa shape index (κ1) is 10.6. The molecule has 0 radical (unpaired) electrons. The Balaban J connectivity index is 2.60. The minimum Gasteiger partial charge on any atom is -0.390 e. The lowest BCUT2D eigenvalue weighted by atomic mass is 10.2. The van der Waals surface area contributed by atoms with E-state index in [4.69, 9.17) is 10.8 Å². The molecule has 0 saturated carbocycles. The third-order valence-corrected chi connectivity index (χ3v) is 1.74. The van der Waals surface area contributed by atoms with Crippen molar-refractivity contribution < 1.29 is 9.90 Å². The number of aromatic nitrogens is 1. The average Bonchev–Trinajstić information content (AvgIpc) is 2.19. The molecule has 0 aliphatic carbocycles. The van der Waals surface area contributed by atoms with Crippen LogP contribution in [0, 0.1) is 0 Å². The van der Waals surface area contributed by atoms with Crippen LogP contribution in [0.5, 0.6) is 0 Å². The van der Waals surface area contributed by atoms with Crippen LogP contribution in [0.25, 0.3) is 0 Å². The summed E-state index contributed by atoms with van der Waals surface area (Å²) in [4.78, 5) is 15.2. The molecule has 0 saturated heterocycles. The van der Waals surface area contributed by atoms with Gasteiger partial charge in [0.25, 0.3) is 5.91 Å². The van der Waals surface area contributed by atoms with Crippen molar-refractivity contribution in [3.63, 3.8) is 0 Å². The highest BCUT2D eigenvalue weighted by Crippen LogP contribution is 1.96. The maximum atomic E-state index is 11.4. The minimum atomic E-state index is -0.782. The van der Waals surface area contributed by atoms with Gasteiger partial charge in [0, 0.05) is 12.4 Å². The summed E-state index contributed by atoms with van der Waals surface area (Å²) in [5.41, 5.74) is 5.87. The highest BCUT2D eigenvalue weighted by molar-refractivity contribution is 5.93. The lowest BCUT2D eigenvalue weighted by Crippen LogP contribution is -2.48. The minimum absolute atomic E-state index is 0.341. The molecule has 1 aromatic rings. The number of hydrogen-bond acceptors (Lipinski definition) is 4. The van der Waals surface area contributed by atoms with E-state index in [1.165, 1.54) is 13.1 Å². The van der Waals surface area contributed by atoms with Crippen molar-refractivity contribution in [2.24, 2.45) is 5.73 Å². The van der Waals surface area contributed by atoms with Crippen LogP contribution in [0.3, 0.4) is 0 Å². The van der Waals surface area contributed by atoms with Crippen molar-refractivity contribution in [1.82, 2.24) is 10.3 Å². The van der Waals surface area contributed by atoms with Crippen LogP contribution in [0.1, 0.15) is 17.3 Å². The molecule has 1 amide bonds. The molecule has 0 aliphatic rings. The Morgan fingerprint density at radius 2 is 2.43 bits per heavy atom. The molecular weight excluding hydrogens is 182 g/mol. The van der Waals surface area contributed by atoms with Gasteiger partial charge in [0.15, 0.2) is 0 Å². The standard InChI is InChI=1S/C9H13N3O2/c1-6(13)8(10)12-9(14)7-3-2-4-11-5-7/h2-6,8,13H,10H2,1H3,(H,12,14)/t6-,8?/m0/s1. The molecule has 2 atom stereocenters. The van der Waals surface area contributed by atoms with Crippen molar-refractivity contribution in [2.75, 3.05) is 0 Å². The van der Waals surface area contributed by atoms with Gasteiger partial charge in [-0.15, -0.1) is 0 Å². The molecule has 14 heavy (non-hydrogen) atoms. The summed E-state index contributed by atoms with van der Waals surface area (Å²) in [6.45, 7) is 1.51. The van der Waals surface area contributed by atoms with E-state index in [2.05, 4.69) is 10.3 Å². The summed E-state index contributed by atoms with van der Waals surface area (Å²) in [6, 6.07) is 3.28. The first-order valence-corrected chi connectivity index (χ1v) is 4.26. The average molecular weight is 195 g/mol. The number of nitrogens with one attached hydrogen (secondary N) is 1. The third kappa shape index (κ3) is 2.79. The number of hydrogen-bond donors (Lipinski definition) is 3. The van der Waals surface area contributed by atoms with Crippen molar-refractivity contribution >= 4 is 5.91 Å². The van der Waals surface area contributed by atoms with Crippen molar-refractivity contribution in [2.45, 2.75) is 19.2 Å². The fourth-order valence-electron chi connectivity index (χ4n) is 0.852. The summed E-state index contributed by atoms with van der Waals surface area (Å²) in [7, 11) is 0. The molecule has 1 rings (SSSR count). The van der Waals surface area contributed by atoms with Crippen LogP contribution in [-0.4, -0.2) is 28.3 Å². The van der Waals surface area contributed by atoms with Crippen LogP contribution >= 0.6 is 0 Å². The summed E-state index contributed by atoms with van der Waals surface area (Å²) >= 11 is 0. The van der Waals surface area contributed by atoms with Crippen LogP contribution in [0.15, 0.2) is 24.5 Å². The van der Waals surface area contributed by atoms with Gasteiger partial charge >= 0.3 is 0 Å². The quantitative estimate of drug-likeness (QED) is 0.566. The van der Waals surface area contributed by atoms with Gasteiger partial charge in [-0.2, -0.15) is 0 Å². The zero-order valence-corrected chi connectivity index (χ0v) is 7.84. The fourth-order valence-corrected chi connectivity index (χ4v) is 0.852. The van der Waals surface area contributed by atoms with E-state index < -0.39 is 12.3 Å². The smallest absolute Gasteiger partial charge is 0.254 e. The highest BCUT2D eigenvalue weighted by Gasteiger charge is 2.13. The highest BCUT2D eigenvalue weighted by atomic mass is 16.3.